The lowest BCUT2D eigenvalue weighted by molar-refractivity contribution is -0.385. The fourth-order valence-electron chi connectivity index (χ4n) is 1.74. The van der Waals surface area contributed by atoms with Crippen molar-refractivity contribution in [2.24, 2.45) is 0 Å². The third kappa shape index (κ3) is 4.49. The minimum absolute atomic E-state index is 0.118. The fourth-order valence-corrected chi connectivity index (χ4v) is 3.45. The summed E-state index contributed by atoms with van der Waals surface area (Å²) in [6.07, 6.45) is -0.384. The number of halogens is 1. The minimum Gasteiger partial charge on any atom is -0.490 e. The van der Waals surface area contributed by atoms with Gasteiger partial charge >= 0.3 is 13.3 Å². The molecule has 0 saturated heterocycles. The molecule has 0 unspecified atom stereocenters. The standard InChI is InChI=1S/C12H17FNO6P/c1-4-19-21(17,20-5-2)8-9-6-11(14(15)16)12(18-3)7-10(9)13/h6-7H,4-5,8H2,1-3H3. The Hall–Kier alpha value is -1.50. The molecule has 0 fully saturated rings. The largest absolute Gasteiger partial charge is 0.490 e. The molecular formula is C12H17FNO6P. The van der Waals surface area contributed by atoms with Gasteiger partial charge < -0.3 is 13.8 Å². The molecule has 0 heterocycles. The molecule has 1 aromatic carbocycles. The summed E-state index contributed by atoms with van der Waals surface area (Å²) in [7, 11) is -2.34. The molecule has 21 heavy (non-hydrogen) atoms. The average Bonchev–Trinajstić information content (AvgIpc) is 2.40. The van der Waals surface area contributed by atoms with Gasteiger partial charge in [-0.2, -0.15) is 0 Å². The van der Waals surface area contributed by atoms with Crippen molar-refractivity contribution in [2.45, 2.75) is 20.0 Å². The highest BCUT2D eigenvalue weighted by Crippen LogP contribution is 2.52. The first-order valence-electron chi connectivity index (χ1n) is 6.25. The van der Waals surface area contributed by atoms with E-state index in [-0.39, 0.29) is 30.7 Å². The van der Waals surface area contributed by atoms with Crippen LogP contribution < -0.4 is 4.74 Å². The predicted molar refractivity (Wildman–Crippen MR) is 74.2 cm³/mol. The van der Waals surface area contributed by atoms with Crippen LogP contribution >= 0.6 is 7.60 Å². The van der Waals surface area contributed by atoms with Gasteiger partial charge in [0.1, 0.15) is 5.82 Å². The SMILES string of the molecule is CCOP(=O)(Cc1cc([N+](=O)[O-])c(OC)cc1F)OCC. The topological polar surface area (TPSA) is 87.9 Å². The Bertz CT molecular complexity index is 555. The van der Waals surface area contributed by atoms with Crippen LogP contribution in [0.3, 0.4) is 0 Å². The maximum atomic E-state index is 14.0. The summed E-state index contributed by atoms with van der Waals surface area (Å²) in [6.45, 7) is 3.49. The molecular weight excluding hydrogens is 304 g/mol. The molecule has 7 nitrogen and oxygen atoms in total. The van der Waals surface area contributed by atoms with Gasteiger partial charge in [0.15, 0.2) is 5.75 Å². The molecule has 0 bridgehead atoms. The van der Waals surface area contributed by atoms with E-state index in [1.807, 2.05) is 0 Å². The van der Waals surface area contributed by atoms with Gasteiger partial charge in [-0.1, -0.05) is 0 Å². The molecule has 0 aliphatic rings. The number of hydrogen-bond donors (Lipinski definition) is 0. The van der Waals surface area contributed by atoms with E-state index in [0.29, 0.717) is 0 Å². The molecule has 1 rings (SSSR count). The van der Waals surface area contributed by atoms with Crippen molar-refractivity contribution < 1.29 is 27.7 Å². The zero-order chi connectivity index (χ0) is 16.0. The van der Waals surface area contributed by atoms with Gasteiger partial charge in [-0.05, 0) is 13.8 Å². The molecule has 0 aromatic heterocycles. The van der Waals surface area contributed by atoms with E-state index >= 15 is 0 Å². The molecule has 0 N–H and O–H groups in total. The van der Waals surface area contributed by atoms with Crippen LogP contribution in [0.2, 0.25) is 0 Å². The maximum Gasteiger partial charge on any atom is 0.335 e. The molecule has 0 atom stereocenters. The van der Waals surface area contributed by atoms with E-state index in [1.54, 1.807) is 13.8 Å². The average molecular weight is 321 g/mol. The number of ether oxygens (including phenoxy) is 1. The molecule has 0 radical (unpaired) electrons. The molecule has 0 aliphatic carbocycles. The second kappa shape index (κ2) is 7.49. The molecule has 1 aromatic rings. The number of benzene rings is 1. The molecule has 0 amide bonds. The highest BCUT2D eigenvalue weighted by molar-refractivity contribution is 7.53. The number of nitrogens with zero attached hydrogens (tertiary/aromatic N) is 1. The van der Waals surface area contributed by atoms with Crippen LogP contribution in [0.1, 0.15) is 19.4 Å². The van der Waals surface area contributed by atoms with Crippen molar-refractivity contribution in [3.63, 3.8) is 0 Å². The summed E-state index contributed by atoms with van der Waals surface area (Å²) in [4.78, 5) is 10.2. The van der Waals surface area contributed by atoms with Gasteiger partial charge in [-0.3, -0.25) is 14.7 Å². The van der Waals surface area contributed by atoms with Gasteiger partial charge in [0.2, 0.25) is 0 Å². The summed E-state index contributed by atoms with van der Waals surface area (Å²) in [5, 5.41) is 10.9. The Kier molecular flexibility index (Phi) is 6.26. The minimum atomic E-state index is -3.55. The van der Waals surface area contributed by atoms with Gasteiger partial charge in [0, 0.05) is 17.7 Å². The Labute approximate surface area is 121 Å². The fraction of sp³-hybridized carbons (Fsp3) is 0.500. The van der Waals surface area contributed by atoms with Crippen molar-refractivity contribution in [2.75, 3.05) is 20.3 Å². The van der Waals surface area contributed by atoms with Crippen molar-refractivity contribution in [3.8, 4) is 5.75 Å². The summed E-state index contributed by atoms with van der Waals surface area (Å²) < 4.78 is 41.2. The summed E-state index contributed by atoms with van der Waals surface area (Å²) in [6, 6.07) is 1.87. The monoisotopic (exact) mass is 321 g/mol. The highest BCUT2D eigenvalue weighted by atomic mass is 31.2. The summed E-state index contributed by atoms with van der Waals surface area (Å²) in [5.74, 6) is -0.971. The molecule has 118 valence electrons. The molecule has 0 saturated carbocycles. The van der Waals surface area contributed by atoms with Gasteiger partial charge in [0.05, 0.1) is 31.4 Å². The van der Waals surface area contributed by atoms with Crippen molar-refractivity contribution in [3.05, 3.63) is 33.6 Å². The second-order valence-corrected chi connectivity index (χ2v) is 6.03. The summed E-state index contributed by atoms with van der Waals surface area (Å²) in [5.41, 5.74) is -0.527. The van der Waals surface area contributed by atoms with Crippen molar-refractivity contribution >= 4 is 13.3 Å². The van der Waals surface area contributed by atoms with Crippen LogP contribution in [0.4, 0.5) is 10.1 Å². The van der Waals surface area contributed by atoms with E-state index < -0.39 is 24.0 Å². The van der Waals surface area contributed by atoms with Crippen LogP contribution in [0, 0.1) is 15.9 Å². The number of nitro benzene ring substituents is 1. The summed E-state index contributed by atoms with van der Waals surface area (Å²) >= 11 is 0. The first-order valence-corrected chi connectivity index (χ1v) is 7.98. The predicted octanol–water partition coefficient (Wildman–Crippen LogP) is 3.51. The second-order valence-electron chi connectivity index (χ2n) is 3.98. The van der Waals surface area contributed by atoms with Crippen LogP contribution in [0.25, 0.3) is 0 Å². The highest BCUT2D eigenvalue weighted by Gasteiger charge is 2.28. The van der Waals surface area contributed by atoms with Crippen molar-refractivity contribution in [1.29, 1.82) is 0 Å². The molecule has 9 heteroatoms. The number of rotatable bonds is 8. The van der Waals surface area contributed by atoms with Crippen molar-refractivity contribution in [1.82, 2.24) is 0 Å². The Morgan fingerprint density at radius 2 is 1.86 bits per heavy atom. The van der Waals surface area contributed by atoms with E-state index in [9.17, 15) is 19.1 Å². The van der Waals surface area contributed by atoms with E-state index in [2.05, 4.69) is 0 Å². The Balaban J connectivity index is 3.21. The van der Waals surface area contributed by atoms with E-state index in [4.69, 9.17) is 13.8 Å². The van der Waals surface area contributed by atoms with Gasteiger partial charge in [0.25, 0.3) is 0 Å². The lowest BCUT2D eigenvalue weighted by Gasteiger charge is -2.17. The van der Waals surface area contributed by atoms with Crippen LogP contribution in [0.5, 0.6) is 5.75 Å². The number of methoxy groups -OCH3 is 1. The van der Waals surface area contributed by atoms with Crippen LogP contribution in [0.15, 0.2) is 12.1 Å². The Morgan fingerprint density at radius 1 is 1.29 bits per heavy atom. The lowest BCUT2D eigenvalue weighted by atomic mass is 10.2. The molecule has 0 aliphatic heterocycles. The zero-order valence-electron chi connectivity index (χ0n) is 12.0. The smallest absolute Gasteiger partial charge is 0.335 e. The van der Waals surface area contributed by atoms with Crippen LogP contribution in [-0.2, 0) is 19.8 Å². The third-order valence-corrected chi connectivity index (χ3v) is 4.59. The first kappa shape index (κ1) is 17.6. The van der Waals surface area contributed by atoms with E-state index in [0.717, 1.165) is 12.1 Å². The Morgan fingerprint density at radius 3 is 2.29 bits per heavy atom. The van der Waals surface area contributed by atoms with Crippen LogP contribution in [-0.4, -0.2) is 25.2 Å². The number of nitro groups is 1. The quantitative estimate of drug-likeness (QED) is 0.413. The van der Waals surface area contributed by atoms with Gasteiger partial charge in [-0.15, -0.1) is 0 Å². The van der Waals surface area contributed by atoms with Gasteiger partial charge in [-0.25, -0.2) is 4.39 Å². The maximum absolute atomic E-state index is 14.0. The van der Waals surface area contributed by atoms with E-state index in [1.165, 1.54) is 7.11 Å². The normalized spacial score (nSPS) is 11.4. The zero-order valence-corrected chi connectivity index (χ0v) is 12.9. The number of hydrogen-bond acceptors (Lipinski definition) is 6. The first-order chi connectivity index (χ1) is 9.86. The third-order valence-electron chi connectivity index (χ3n) is 2.56. The lowest BCUT2D eigenvalue weighted by Crippen LogP contribution is -2.03. The molecule has 0 spiro atoms.